The van der Waals surface area contributed by atoms with E-state index in [-0.39, 0.29) is 6.09 Å². The van der Waals surface area contributed by atoms with E-state index in [0.29, 0.717) is 25.7 Å². The monoisotopic (exact) mass is 307 g/mol. The number of carbonyl (C=O) groups is 1. The standard InChI is InChI=1S/C16H25N3O3/c1-5-10-21-14-11-17-19(12-14)13-6-8-18(9-7-13)15(20)22-16(2,3)4/h5,11-13H,1,6-10H2,2-4H3. The summed E-state index contributed by atoms with van der Waals surface area (Å²) in [6.45, 7) is 11.1. The van der Waals surface area contributed by atoms with Gasteiger partial charge < -0.3 is 14.4 Å². The van der Waals surface area contributed by atoms with Crippen LogP contribution in [0.3, 0.4) is 0 Å². The van der Waals surface area contributed by atoms with Crippen molar-refractivity contribution in [1.82, 2.24) is 14.7 Å². The summed E-state index contributed by atoms with van der Waals surface area (Å²) in [5.41, 5.74) is -0.451. The number of piperidine rings is 1. The molecule has 1 fully saturated rings. The smallest absolute Gasteiger partial charge is 0.410 e. The van der Waals surface area contributed by atoms with E-state index in [1.165, 1.54) is 0 Å². The number of carbonyl (C=O) groups excluding carboxylic acids is 1. The summed E-state index contributed by atoms with van der Waals surface area (Å²) in [4.78, 5) is 13.8. The van der Waals surface area contributed by atoms with Crippen molar-refractivity contribution in [3.63, 3.8) is 0 Å². The number of likely N-dealkylation sites (tertiary alicyclic amines) is 1. The minimum atomic E-state index is -0.451. The van der Waals surface area contributed by atoms with Gasteiger partial charge in [-0.05, 0) is 33.6 Å². The summed E-state index contributed by atoms with van der Waals surface area (Å²) >= 11 is 0. The Kier molecular flexibility index (Phi) is 5.11. The van der Waals surface area contributed by atoms with E-state index < -0.39 is 5.60 Å². The molecule has 0 N–H and O–H groups in total. The Morgan fingerprint density at radius 1 is 1.45 bits per heavy atom. The Morgan fingerprint density at radius 2 is 2.14 bits per heavy atom. The highest BCUT2D eigenvalue weighted by atomic mass is 16.6. The molecule has 0 aliphatic carbocycles. The first kappa shape index (κ1) is 16.4. The minimum Gasteiger partial charge on any atom is -0.486 e. The van der Waals surface area contributed by atoms with Crippen LogP contribution in [0.4, 0.5) is 4.79 Å². The number of nitrogens with zero attached hydrogens (tertiary/aromatic N) is 3. The molecule has 0 spiro atoms. The second kappa shape index (κ2) is 6.85. The van der Waals surface area contributed by atoms with Gasteiger partial charge in [-0.3, -0.25) is 4.68 Å². The maximum Gasteiger partial charge on any atom is 0.410 e. The molecule has 1 aromatic heterocycles. The topological polar surface area (TPSA) is 56.6 Å². The van der Waals surface area contributed by atoms with Crippen LogP contribution in [0.2, 0.25) is 0 Å². The molecule has 1 aliphatic heterocycles. The van der Waals surface area contributed by atoms with Gasteiger partial charge in [0.25, 0.3) is 0 Å². The SMILES string of the molecule is C=CCOc1cnn(C2CCN(C(=O)OC(C)(C)C)CC2)c1. The largest absolute Gasteiger partial charge is 0.486 e. The normalized spacial score (nSPS) is 16.4. The lowest BCUT2D eigenvalue weighted by Gasteiger charge is -2.33. The lowest BCUT2D eigenvalue weighted by Crippen LogP contribution is -2.42. The molecule has 1 saturated heterocycles. The molecule has 1 aromatic rings. The number of hydrogen-bond donors (Lipinski definition) is 0. The van der Waals surface area contributed by atoms with Crippen molar-refractivity contribution in [2.75, 3.05) is 19.7 Å². The molecule has 0 aromatic carbocycles. The summed E-state index contributed by atoms with van der Waals surface area (Å²) in [6.07, 6.45) is 6.81. The molecule has 6 heteroatoms. The fraction of sp³-hybridized carbons (Fsp3) is 0.625. The molecule has 2 rings (SSSR count). The summed E-state index contributed by atoms with van der Waals surface area (Å²) in [6, 6.07) is 0.291. The fourth-order valence-electron chi connectivity index (χ4n) is 2.39. The molecule has 0 atom stereocenters. The molecular formula is C16H25N3O3. The van der Waals surface area contributed by atoms with Crippen molar-refractivity contribution in [2.24, 2.45) is 0 Å². The van der Waals surface area contributed by atoms with Crippen LogP contribution in [0.25, 0.3) is 0 Å². The number of aromatic nitrogens is 2. The van der Waals surface area contributed by atoms with Gasteiger partial charge in [-0.1, -0.05) is 12.7 Å². The van der Waals surface area contributed by atoms with Crippen molar-refractivity contribution in [2.45, 2.75) is 45.3 Å². The average molecular weight is 307 g/mol. The molecule has 122 valence electrons. The van der Waals surface area contributed by atoms with Crippen LogP contribution in [0, 0.1) is 0 Å². The van der Waals surface area contributed by atoms with Gasteiger partial charge in [0, 0.05) is 13.1 Å². The zero-order valence-corrected chi connectivity index (χ0v) is 13.6. The Labute approximate surface area is 131 Å². The molecule has 0 bridgehead atoms. The van der Waals surface area contributed by atoms with Crippen LogP contribution < -0.4 is 4.74 Å². The third kappa shape index (κ3) is 4.51. The fourth-order valence-corrected chi connectivity index (χ4v) is 2.39. The molecule has 1 amide bonds. The van der Waals surface area contributed by atoms with E-state index in [9.17, 15) is 4.79 Å². The van der Waals surface area contributed by atoms with Crippen LogP contribution in [-0.4, -0.2) is 46.1 Å². The van der Waals surface area contributed by atoms with Crippen LogP contribution in [-0.2, 0) is 4.74 Å². The van der Waals surface area contributed by atoms with Crippen molar-refractivity contribution in [1.29, 1.82) is 0 Å². The number of rotatable bonds is 4. The molecule has 6 nitrogen and oxygen atoms in total. The van der Waals surface area contributed by atoms with E-state index >= 15 is 0 Å². The maximum absolute atomic E-state index is 12.0. The number of ether oxygens (including phenoxy) is 2. The molecule has 0 radical (unpaired) electrons. The third-order valence-electron chi connectivity index (χ3n) is 3.44. The summed E-state index contributed by atoms with van der Waals surface area (Å²) in [5, 5.41) is 4.34. The highest BCUT2D eigenvalue weighted by molar-refractivity contribution is 5.68. The van der Waals surface area contributed by atoms with Gasteiger partial charge in [0.05, 0.1) is 18.4 Å². The second-order valence-electron chi connectivity index (χ2n) is 6.45. The lowest BCUT2D eigenvalue weighted by atomic mass is 10.1. The summed E-state index contributed by atoms with van der Waals surface area (Å²) in [5.74, 6) is 0.745. The Balaban J connectivity index is 1.85. The Hall–Kier alpha value is -1.98. The van der Waals surface area contributed by atoms with Crippen molar-refractivity contribution in [3.8, 4) is 5.75 Å². The first-order valence-corrected chi connectivity index (χ1v) is 7.65. The van der Waals surface area contributed by atoms with Crippen molar-refractivity contribution >= 4 is 6.09 Å². The first-order chi connectivity index (χ1) is 10.4. The van der Waals surface area contributed by atoms with Crippen LogP contribution in [0.1, 0.15) is 39.7 Å². The molecule has 1 aliphatic rings. The Bertz CT molecular complexity index is 511. The van der Waals surface area contributed by atoms with Crippen LogP contribution in [0.15, 0.2) is 25.0 Å². The average Bonchev–Trinajstić information content (AvgIpc) is 2.92. The quantitative estimate of drug-likeness (QED) is 0.802. The minimum absolute atomic E-state index is 0.235. The van der Waals surface area contributed by atoms with E-state index in [1.54, 1.807) is 17.2 Å². The van der Waals surface area contributed by atoms with Gasteiger partial charge in [0.2, 0.25) is 0 Å². The van der Waals surface area contributed by atoms with Gasteiger partial charge >= 0.3 is 6.09 Å². The Morgan fingerprint density at radius 3 is 2.73 bits per heavy atom. The summed E-state index contributed by atoms with van der Waals surface area (Å²) in [7, 11) is 0. The summed E-state index contributed by atoms with van der Waals surface area (Å²) < 4.78 is 12.8. The predicted octanol–water partition coefficient (Wildman–Crippen LogP) is 3.02. The molecule has 0 saturated carbocycles. The third-order valence-corrected chi connectivity index (χ3v) is 3.44. The van der Waals surface area contributed by atoms with Crippen molar-refractivity contribution < 1.29 is 14.3 Å². The van der Waals surface area contributed by atoms with E-state index in [4.69, 9.17) is 9.47 Å². The van der Waals surface area contributed by atoms with E-state index in [0.717, 1.165) is 18.6 Å². The maximum atomic E-state index is 12.0. The highest BCUT2D eigenvalue weighted by Crippen LogP contribution is 2.24. The van der Waals surface area contributed by atoms with Crippen LogP contribution >= 0.6 is 0 Å². The van der Waals surface area contributed by atoms with Gasteiger partial charge in [0.15, 0.2) is 5.75 Å². The van der Waals surface area contributed by atoms with Gasteiger partial charge in [0.1, 0.15) is 12.2 Å². The van der Waals surface area contributed by atoms with Crippen LogP contribution in [0.5, 0.6) is 5.75 Å². The lowest BCUT2D eigenvalue weighted by molar-refractivity contribution is 0.0184. The van der Waals surface area contributed by atoms with Gasteiger partial charge in [-0.2, -0.15) is 5.10 Å². The molecule has 22 heavy (non-hydrogen) atoms. The molecule has 0 unspecified atom stereocenters. The second-order valence-corrected chi connectivity index (χ2v) is 6.45. The zero-order chi connectivity index (χ0) is 16.2. The first-order valence-electron chi connectivity index (χ1n) is 7.65. The number of hydrogen-bond acceptors (Lipinski definition) is 4. The highest BCUT2D eigenvalue weighted by Gasteiger charge is 2.27. The van der Waals surface area contributed by atoms with E-state index in [1.807, 2.05) is 31.6 Å². The molecular weight excluding hydrogens is 282 g/mol. The predicted molar refractivity (Wildman–Crippen MR) is 84.0 cm³/mol. The number of amides is 1. The van der Waals surface area contributed by atoms with E-state index in [2.05, 4.69) is 11.7 Å². The van der Waals surface area contributed by atoms with Crippen molar-refractivity contribution in [3.05, 3.63) is 25.0 Å². The zero-order valence-electron chi connectivity index (χ0n) is 13.6. The van der Waals surface area contributed by atoms with Gasteiger partial charge in [-0.25, -0.2) is 4.79 Å². The van der Waals surface area contributed by atoms with Gasteiger partial charge in [-0.15, -0.1) is 0 Å². The molecule has 2 heterocycles.